The van der Waals surface area contributed by atoms with Crippen LogP contribution in [-0.2, 0) is 0 Å². The van der Waals surface area contributed by atoms with Crippen molar-refractivity contribution in [2.24, 2.45) is 0 Å². The normalized spacial score (nSPS) is 11.0. The van der Waals surface area contributed by atoms with Gasteiger partial charge in [0.2, 0.25) is 0 Å². The van der Waals surface area contributed by atoms with Gasteiger partial charge in [0.05, 0.1) is 26.4 Å². The molecule has 0 amide bonds. The van der Waals surface area contributed by atoms with Crippen LogP contribution < -0.4 is 0 Å². The first-order valence-electron chi connectivity index (χ1n) is 7.11. The molecule has 0 radical (unpaired) electrons. The number of nitro benzene ring substituents is 3. The average Bonchev–Trinajstić information content (AvgIpc) is 2.95. The predicted octanol–water partition coefficient (Wildman–Crippen LogP) is 3.24. The van der Waals surface area contributed by atoms with E-state index in [-0.39, 0.29) is 33.5 Å². The molecule has 0 unspecified atom stereocenters. The molecule has 0 saturated heterocycles. The molecule has 130 valence electrons. The monoisotopic (exact) mass is 363 g/mol. The fraction of sp³-hybridized carbons (Fsp3) is 0. The Balaban J connectivity index is 2.55. The van der Waals surface area contributed by atoms with Gasteiger partial charge in [0.15, 0.2) is 0 Å². The quantitative estimate of drug-likeness (QED) is 0.386. The van der Waals surface area contributed by atoms with E-state index < -0.39 is 31.7 Å². The van der Waals surface area contributed by atoms with Gasteiger partial charge in [0.25, 0.3) is 17.1 Å². The van der Waals surface area contributed by atoms with Gasteiger partial charge in [-0.2, -0.15) is 10.5 Å². The van der Waals surface area contributed by atoms with Crippen LogP contribution in [0.4, 0.5) is 17.1 Å². The number of hydrogen-bond donors (Lipinski definition) is 0. The maximum Gasteiger partial charge on any atom is 0.284 e. The van der Waals surface area contributed by atoms with Gasteiger partial charge < -0.3 is 0 Å². The maximum absolute atomic E-state index is 11.5. The van der Waals surface area contributed by atoms with Gasteiger partial charge in [-0.3, -0.25) is 30.3 Å². The number of nitrogens with zero attached hydrogens (tertiary/aromatic N) is 5. The summed E-state index contributed by atoms with van der Waals surface area (Å²) in [5.41, 5.74) is -2.00. The molecule has 0 aliphatic heterocycles. The van der Waals surface area contributed by atoms with E-state index in [9.17, 15) is 40.9 Å². The number of fused-ring (bicyclic) bond motifs is 3. The smallest absolute Gasteiger partial charge is 0.258 e. The first-order chi connectivity index (χ1) is 12.8. The third kappa shape index (κ3) is 2.52. The number of non-ortho nitro benzene ring substituents is 2. The topological polar surface area (TPSA) is 177 Å². The van der Waals surface area contributed by atoms with Gasteiger partial charge in [-0.05, 0) is 11.6 Å². The summed E-state index contributed by atoms with van der Waals surface area (Å²) in [6.45, 7) is 0. The van der Waals surface area contributed by atoms with Crippen molar-refractivity contribution < 1.29 is 14.8 Å². The minimum atomic E-state index is -0.851. The second-order valence-electron chi connectivity index (χ2n) is 5.36. The van der Waals surface area contributed by atoms with E-state index in [4.69, 9.17) is 0 Å². The fourth-order valence-corrected chi connectivity index (χ4v) is 2.96. The molecule has 2 aromatic rings. The number of benzene rings is 2. The highest BCUT2D eigenvalue weighted by Gasteiger charge is 2.36. The molecule has 0 saturated carbocycles. The standard InChI is InChI=1S/C16H5N5O6/c17-6-8(7-18)15-11-2-1-9(19(22)23)3-12(11)16-13(15)4-10(20(24)25)5-14(16)21(26)27/h1-5H. The Morgan fingerprint density at radius 1 is 0.778 bits per heavy atom. The van der Waals surface area contributed by atoms with Crippen LogP contribution in [0.1, 0.15) is 11.1 Å². The van der Waals surface area contributed by atoms with Crippen LogP contribution in [0.15, 0.2) is 35.9 Å². The number of allylic oxidation sites excluding steroid dienone is 1. The van der Waals surface area contributed by atoms with Gasteiger partial charge in [-0.15, -0.1) is 0 Å². The molecule has 11 heteroatoms. The van der Waals surface area contributed by atoms with E-state index in [0.717, 1.165) is 24.3 Å². The van der Waals surface area contributed by atoms with Crippen molar-refractivity contribution in [3.05, 3.63) is 77.4 Å². The molecule has 0 fully saturated rings. The molecule has 2 aromatic carbocycles. The molecule has 1 aliphatic rings. The largest absolute Gasteiger partial charge is 0.284 e. The van der Waals surface area contributed by atoms with Gasteiger partial charge >= 0.3 is 0 Å². The second kappa shape index (κ2) is 6.02. The van der Waals surface area contributed by atoms with Crippen LogP contribution in [0.5, 0.6) is 0 Å². The van der Waals surface area contributed by atoms with Crippen molar-refractivity contribution in [2.45, 2.75) is 0 Å². The zero-order valence-corrected chi connectivity index (χ0v) is 13.1. The van der Waals surface area contributed by atoms with Crippen molar-refractivity contribution in [1.29, 1.82) is 10.5 Å². The van der Waals surface area contributed by atoms with E-state index in [2.05, 4.69) is 0 Å². The van der Waals surface area contributed by atoms with Crippen molar-refractivity contribution in [2.75, 3.05) is 0 Å². The Hall–Kier alpha value is -4.64. The zero-order valence-electron chi connectivity index (χ0n) is 13.1. The molecular formula is C16H5N5O6. The molecular weight excluding hydrogens is 358 g/mol. The molecule has 0 atom stereocenters. The lowest BCUT2D eigenvalue weighted by Crippen LogP contribution is -1.97. The third-order valence-corrected chi connectivity index (χ3v) is 4.01. The van der Waals surface area contributed by atoms with Gasteiger partial charge in [-0.25, -0.2) is 0 Å². The molecule has 3 rings (SSSR count). The highest BCUT2D eigenvalue weighted by Crippen LogP contribution is 2.51. The molecule has 27 heavy (non-hydrogen) atoms. The summed E-state index contributed by atoms with van der Waals surface area (Å²) in [6.07, 6.45) is 0. The summed E-state index contributed by atoms with van der Waals surface area (Å²) < 4.78 is 0. The van der Waals surface area contributed by atoms with Crippen LogP contribution in [0, 0.1) is 53.0 Å². The van der Waals surface area contributed by atoms with Gasteiger partial charge in [-0.1, -0.05) is 0 Å². The van der Waals surface area contributed by atoms with E-state index in [0.29, 0.717) is 0 Å². The minimum Gasteiger partial charge on any atom is -0.258 e. The van der Waals surface area contributed by atoms with E-state index in [1.807, 2.05) is 0 Å². The Kier molecular flexibility index (Phi) is 3.83. The molecule has 0 N–H and O–H groups in total. The van der Waals surface area contributed by atoms with E-state index in [1.165, 1.54) is 6.07 Å². The molecule has 0 bridgehead atoms. The van der Waals surface area contributed by atoms with Crippen molar-refractivity contribution in [3.8, 4) is 23.3 Å². The number of nitriles is 2. The van der Waals surface area contributed by atoms with Gasteiger partial charge in [0, 0.05) is 34.9 Å². The molecule has 11 nitrogen and oxygen atoms in total. The minimum absolute atomic E-state index is 0.0355. The summed E-state index contributed by atoms with van der Waals surface area (Å²) in [5.74, 6) is 0. The molecule has 0 heterocycles. The van der Waals surface area contributed by atoms with Crippen LogP contribution >= 0.6 is 0 Å². The van der Waals surface area contributed by atoms with Gasteiger partial charge in [0.1, 0.15) is 17.7 Å². The van der Waals surface area contributed by atoms with E-state index in [1.54, 1.807) is 12.1 Å². The third-order valence-electron chi connectivity index (χ3n) is 4.01. The summed E-state index contributed by atoms with van der Waals surface area (Å²) in [4.78, 5) is 31.3. The molecule has 0 spiro atoms. The average molecular weight is 363 g/mol. The first kappa shape index (κ1) is 17.2. The Labute approximate surface area is 149 Å². The number of hydrogen-bond acceptors (Lipinski definition) is 8. The Morgan fingerprint density at radius 2 is 1.37 bits per heavy atom. The number of rotatable bonds is 3. The van der Waals surface area contributed by atoms with Crippen LogP contribution in [0.2, 0.25) is 0 Å². The highest BCUT2D eigenvalue weighted by atomic mass is 16.6. The zero-order chi connectivity index (χ0) is 19.9. The van der Waals surface area contributed by atoms with Crippen molar-refractivity contribution >= 4 is 22.6 Å². The van der Waals surface area contributed by atoms with E-state index >= 15 is 0 Å². The highest BCUT2D eigenvalue weighted by molar-refractivity contribution is 6.07. The van der Waals surface area contributed by atoms with Crippen LogP contribution in [-0.4, -0.2) is 14.8 Å². The Bertz CT molecular complexity index is 1170. The lowest BCUT2D eigenvalue weighted by atomic mass is 9.98. The lowest BCUT2D eigenvalue weighted by Gasteiger charge is -2.03. The predicted molar refractivity (Wildman–Crippen MR) is 89.1 cm³/mol. The van der Waals surface area contributed by atoms with Crippen LogP contribution in [0.3, 0.4) is 0 Å². The number of nitro groups is 3. The summed E-state index contributed by atoms with van der Waals surface area (Å²) in [7, 11) is 0. The fourth-order valence-electron chi connectivity index (χ4n) is 2.96. The van der Waals surface area contributed by atoms with Crippen molar-refractivity contribution in [1.82, 2.24) is 0 Å². The second-order valence-corrected chi connectivity index (χ2v) is 5.36. The summed E-state index contributed by atoms with van der Waals surface area (Å²) >= 11 is 0. The van der Waals surface area contributed by atoms with Crippen molar-refractivity contribution in [3.63, 3.8) is 0 Å². The summed E-state index contributed by atoms with van der Waals surface area (Å²) in [5, 5.41) is 52.2. The van der Waals surface area contributed by atoms with Crippen LogP contribution in [0.25, 0.3) is 16.7 Å². The molecule has 1 aliphatic carbocycles. The summed E-state index contributed by atoms with van der Waals surface area (Å²) in [6, 6.07) is 8.52. The SMILES string of the molecule is N#CC(C#N)=C1c2ccc([N+](=O)[O-])cc2-c2c1cc([N+](=O)[O-])cc2[N+](=O)[O-]. The maximum atomic E-state index is 11.5. The molecule has 0 aromatic heterocycles. The Morgan fingerprint density at radius 3 is 1.89 bits per heavy atom. The first-order valence-corrected chi connectivity index (χ1v) is 7.11. The lowest BCUT2D eigenvalue weighted by molar-refractivity contribution is -0.393.